The quantitative estimate of drug-likeness (QED) is 0.671. The highest BCUT2D eigenvalue weighted by Crippen LogP contribution is 2.22. The second-order valence-corrected chi connectivity index (χ2v) is 7.24. The molecule has 20 heavy (non-hydrogen) atoms. The van der Waals surface area contributed by atoms with Crippen LogP contribution in [-0.2, 0) is 17.8 Å². The van der Waals surface area contributed by atoms with E-state index in [0.29, 0.717) is 5.92 Å². The Morgan fingerprint density at radius 1 is 1.40 bits per heavy atom. The number of nitrogens with one attached hydrogen (secondary N) is 1. The average molecular weight is 298 g/mol. The van der Waals surface area contributed by atoms with Crippen molar-refractivity contribution in [1.82, 2.24) is 10.2 Å². The van der Waals surface area contributed by atoms with E-state index >= 15 is 0 Å². The fourth-order valence-corrected chi connectivity index (χ4v) is 3.19. The van der Waals surface area contributed by atoms with Crippen molar-refractivity contribution in [2.75, 3.05) is 33.9 Å². The van der Waals surface area contributed by atoms with E-state index in [0.717, 1.165) is 39.2 Å². The zero-order chi connectivity index (χ0) is 15.0. The van der Waals surface area contributed by atoms with E-state index in [1.165, 1.54) is 15.3 Å². The van der Waals surface area contributed by atoms with Crippen molar-refractivity contribution < 1.29 is 4.74 Å². The van der Waals surface area contributed by atoms with Gasteiger partial charge in [0.15, 0.2) is 0 Å². The molecule has 0 aliphatic heterocycles. The van der Waals surface area contributed by atoms with Gasteiger partial charge in [0.05, 0.1) is 0 Å². The largest absolute Gasteiger partial charge is 0.385 e. The molecular weight excluding hydrogens is 268 g/mol. The van der Waals surface area contributed by atoms with Gasteiger partial charge in [0.1, 0.15) is 0 Å². The maximum atomic E-state index is 5.10. The molecule has 1 rings (SSSR count). The van der Waals surface area contributed by atoms with E-state index in [9.17, 15) is 0 Å². The summed E-state index contributed by atoms with van der Waals surface area (Å²) in [4.78, 5) is 5.27. The second kappa shape index (κ2) is 9.50. The Kier molecular flexibility index (Phi) is 8.38. The van der Waals surface area contributed by atoms with E-state index in [1.807, 2.05) is 11.3 Å². The molecule has 0 spiro atoms. The number of aryl methyl sites for hydroxylation is 1. The van der Waals surface area contributed by atoms with Crippen LogP contribution in [0.3, 0.4) is 0 Å². The predicted molar refractivity (Wildman–Crippen MR) is 88.4 cm³/mol. The second-order valence-electron chi connectivity index (χ2n) is 5.90. The molecule has 0 aliphatic carbocycles. The third-order valence-electron chi connectivity index (χ3n) is 3.25. The van der Waals surface area contributed by atoms with Gasteiger partial charge in [-0.1, -0.05) is 13.8 Å². The molecule has 0 bridgehead atoms. The third-order valence-corrected chi connectivity index (χ3v) is 4.34. The summed E-state index contributed by atoms with van der Waals surface area (Å²) in [6.45, 7) is 11.8. The van der Waals surface area contributed by atoms with E-state index in [-0.39, 0.29) is 0 Å². The third kappa shape index (κ3) is 6.84. The summed E-state index contributed by atoms with van der Waals surface area (Å²) in [7, 11) is 3.95. The van der Waals surface area contributed by atoms with E-state index in [2.05, 4.69) is 44.1 Å². The molecule has 116 valence electrons. The zero-order valence-electron chi connectivity index (χ0n) is 13.7. The Morgan fingerprint density at radius 2 is 2.15 bits per heavy atom. The van der Waals surface area contributed by atoms with Crippen LogP contribution in [0.1, 0.15) is 35.6 Å². The van der Waals surface area contributed by atoms with Crippen LogP contribution in [0.15, 0.2) is 6.07 Å². The van der Waals surface area contributed by atoms with Crippen molar-refractivity contribution >= 4 is 11.3 Å². The number of hydrogen-bond acceptors (Lipinski definition) is 4. The molecule has 0 aliphatic rings. The van der Waals surface area contributed by atoms with Crippen LogP contribution in [-0.4, -0.2) is 38.8 Å². The fraction of sp³-hybridized carbons (Fsp3) is 0.750. The highest BCUT2D eigenvalue weighted by Gasteiger charge is 2.08. The van der Waals surface area contributed by atoms with Gasteiger partial charge in [-0.3, -0.25) is 0 Å². The molecule has 1 aromatic rings. The number of thiophene rings is 1. The Hall–Kier alpha value is -0.420. The monoisotopic (exact) mass is 298 g/mol. The van der Waals surface area contributed by atoms with Crippen LogP contribution >= 0.6 is 11.3 Å². The minimum Gasteiger partial charge on any atom is -0.385 e. The highest BCUT2D eigenvalue weighted by molar-refractivity contribution is 7.12. The molecule has 3 nitrogen and oxygen atoms in total. The van der Waals surface area contributed by atoms with Gasteiger partial charge in [-0.25, -0.2) is 0 Å². The molecule has 1 heterocycles. The summed E-state index contributed by atoms with van der Waals surface area (Å²) >= 11 is 1.92. The lowest BCUT2D eigenvalue weighted by atomic mass is 10.2. The first-order valence-corrected chi connectivity index (χ1v) is 8.31. The van der Waals surface area contributed by atoms with Crippen LogP contribution in [0.4, 0.5) is 0 Å². The minimum absolute atomic E-state index is 0.711. The predicted octanol–water partition coefficient (Wildman–Crippen LogP) is 3.27. The summed E-state index contributed by atoms with van der Waals surface area (Å²) in [6.07, 6.45) is 1.10. The first kappa shape index (κ1) is 17.6. The summed E-state index contributed by atoms with van der Waals surface area (Å²) in [5.74, 6) is 0.711. The van der Waals surface area contributed by atoms with Gasteiger partial charge in [0.25, 0.3) is 0 Å². The van der Waals surface area contributed by atoms with Crippen LogP contribution in [0.2, 0.25) is 0 Å². The molecule has 0 amide bonds. The van der Waals surface area contributed by atoms with Gasteiger partial charge >= 0.3 is 0 Å². The Labute approximate surface area is 128 Å². The van der Waals surface area contributed by atoms with Gasteiger partial charge in [0, 0.05) is 43.1 Å². The maximum absolute atomic E-state index is 5.10. The summed E-state index contributed by atoms with van der Waals surface area (Å²) < 4.78 is 5.10. The lowest BCUT2D eigenvalue weighted by molar-refractivity contribution is 0.178. The number of methoxy groups -OCH3 is 1. The average Bonchev–Trinajstić information content (AvgIpc) is 2.70. The summed E-state index contributed by atoms with van der Waals surface area (Å²) in [6, 6.07) is 2.36. The van der Waals surface area contributed by atoms with Crippen molar-refractivity contribution in [2.24, 2.45) is 5.92 Å². The maximum Gasteiger partial charge on any atom is 0.0474 e. The van der Waals surface area contributed by atoms with E-state index in [1.54, 1.807) is 7.11 Å². The summed E-state index contributed by atoms with van der Waals surface area (Å²) in [5.41, 5.74) is 1.47. The lowest BCUT2D eigenvalue weighted by Crippen LogP contribution is -2.20. The highest BCUT2D eigenvalue weighted by atomic mass is 32.1. The molecule has 0 atom stereocenters. The van der Waals surface area contributed by atoms with Crippen LogP contribution in [0.5, 0.6) is 0 Å². The smallest absolute Gasteiger partial charge is 0.0474 e. The Balaban J connectivity index is 2.40. The lowest BCUT2D eigenvalue weighted by Gasteiger charge is -2.16. The van der Waals surface area contributed by atoms with Gasteiger partial charge in [0.2, 0.25) is 0 Å². The van der Waals surface area contributed by atoms with Crippen LogP contribution in [0.25, 0.3) is 0 Å². The number of rotatable bonds is 10. The number of hydrogen-bond donors (Lipinski definition) is 1. The zero-order valence-corrected chi connectivity index (χ0v) is 14.5. The van der Waals surface area contributed by atoms with Crippen LogP contribution < -0.4 is 5.32 Å². The van der Waals surface area contributed by atoms with E-state index in [4.69, 9.17) is 4.74 Å². The number of nitrogens with zero attached hydrogens (tertiary/aromatic N) is 1. The summed E-state index contributed by atoms with van der Waals surface area (Å²) in [5, 5.41) is 3.52. The molecule has 0 radical (unpaired) electrons. The SMILES string of the molecule is COCCCN(C)Cc1cc(CNCC(C)C)sc1C. The van der Waals surface area contributed by atoms with Gasteiger partial charge < -0.3 is 15.0 Å². The van der Waals surface area contributed by atoms with Crippen molar-refractivity contribution in [3.8, 4) is 0 Å². The minimum atomic E-state index is 0.711. The van der Waals surface area contributed by atoms with E-state index < -0.39 is 0 Å². The van der Waals surface area contributed by atoms with Crippen LogP contribution in [0, 0.1) is 12.8 Å². The van der Waals surface area contributed by atoms with Crippen molar-refractivity contribution in [2.45, 2.75) is 40.3 Å². The van der Waals surface area contributed by atoms with Gasteiger partial charge in [-0.05, 0) is 44.5 Å². The van der Waals surface area contributed by atoms with Gasteiger partial charge in [-0.15, -0.1) is 11.3 Å². The molecule has 0 saturated heterocycles. The van der Waals surface area contributed by atoms with Crippen molar-refractivity contribution in [3.63, 3.8) is 0 Å². The molecular formula is C16H30N2OS. The first-order chi connectivity index (χ1) is 9.52. The standard InChI is InChI=1S/C16H30N2OS/c1-13(2)10-17-11-16-9-15(14(3)20-16)12-18(4)7-6-8-19-5/h9,13,17H,6-8,10-12H2,1-5H3. The molecule has 0 aromatic carbocycles. The van der Waals surface area contributed by atoms with Crippen molar-refractivity contribution in [1.29, 1.82) is 0 Å². The molecule has 1 aromatic heterocycles. The van der Waals surface area contributed by atoms with Crippen molar-refractivity contribution in [3.05, 3.63) is 21.4 Å². The topological polar surface area (TPSA) is 24.5 Å². The number of ether oxygens (including phenoxy) is 1. The Morgan fingerprint density at radius 3 is 2.80 bits per heavy atom. The molecule has 0 saturated carbocycles. The first-order valence-electron chi connectivity index (χ1n) is 7.49. The molecule has 4 heteroatoms. The molecule has 1 N–H and O–H groups in total. The Bertz CT molecular complexity index is 377. The normalized spacial score (nSPS) is 11.8. The molecule has 0 fully saturated rings. The van der Waals surface area contributed by atoms with Gasteiger partial charge in [-0.2, -0.15) is 0 Å². The molecule has 0 unspecified atom stereocenters. The fourth-order valence-electron chi connectivity index (χ4n) is 2.16.